The number of aromatic carboxylic acids is 1. The maximum atomic E-state index is 12.3. The molecule has 9 nitrogen and oxygen atoms in total. The van der Waals surface area contributed by atoms with E-state index in [-0.39, 0.29) is 5.69 Å². The summed E-state index contributed by atoms with van der Waals surface area (Å²) in [4.78, 5) is 30.9. The van der Waals surface area contributed by atoms with E-state index in [0.29, 0.717) is 17.2 Å². The molecule has 2 amide bonds. The lowest BCUT2D eigenvalue weighted by Gasteiger charge is -2.13. The zero-order chi connectivity index (χ0) is 18.8. The van der Waals surface area contributed by atoms with Gasteiger partial charge in [-0.15, -0.1) is 0 Å². The van der Waals surface area contributed by atoms with Crippen LogP contribution in [-0.4, -0.2) is 35.5 Å². The average Bonchev–Trinajstić information content (AvgIpc) is 2.50. The minimum Gasteiger partial charge on any atom is -0.478 e. The van der Waals surface area contributed by atoms with Gasteiger partial charge in [0.25, 0.3) is 10.0 Å². The molecule has 3 N–H and O–H groups in total. The van der Waals surface area contributed by atoms with E-state index in [1.165, 1.54) is 12.1 Å². The number of hydrogen-bond acceptors (Lipinski definition) is 6. The molecule has 0 saturated carbocycles. The minimum atomic E-state index is -4.37. The molecule has 0 fully saturated rings. The number of hydrogen-bond donors (Lipinski definition) is 3. The van der Waals surface area contributed by atoms with Gasteiger partial charge in [0.1, 0.15) is 10.7 Å². The lowest BCUT2D eigenvalue weighted by atomic mass is 10.2. The van der Waals surface area contributed by atoms with Crippen LogP contribution >= 0.6 is 0 Å². The molecular weight excluding hydrogens is 348 g/mol. The Morgan fingerprint density at radius 3 is 2.16 bits per heavy atom. The topological polar surface area (TPSA) is 138 Å². The molecule has 1 aromatic carbocycles. The van der Waals surface area contributed by atoms with E-state index in [2.05, 4.69) is 15.3 Å². The zero-order valence-electron chi connectivity index (χ0n) is 13.7. The molecule has 0 spiro atoms. The van der Waals surface area contributed by atoms with Crippen molar-refractivity contribution >= 4 is 27.7 Å². The summed E-state index contributed by atoms with van der Waals surface area (Å²) in [6.07, 6.45) is 0. The standard InChI is InChI=1S/C15H16N4O5S/c1-8-13(9(2)17-10(3)16-8)18-15(22)19-25(23,24)12-7-5-4-6-11(12)14(20)21/h4-7H,1-3H3,(H,20,21)(H2,18,19,22). The number of sulfonamides is 1. The molecule has 0 atom stereocenters. The van der Waals surface area contributed by atoms with Gasteiger partial charge in [-0.2, -0.15) is 0 Å². The smallest absolute Gasteiger partial charge is 0.337 e. The Morgan fingerprint density at radius 1 is 1.04 bits per heavy atom. The van der Waals surface area contributed by atoms with Crippen molar-refractivity contribution in [3.8, 4) is 0 Å². The van der Waals surface area contributed by atoms with Crippen LogP contribution in [0.15, 0.2) is 29.2 Å². The molecule has 0 aliphatic heterocycles. The molecular formula is C15H16N4O5S. The van der Waals surface area contributed by atoms with E-state index >= 15 is 0 Å². The number of aryl methyl sites for hydroxylation is 3. The number of benzene rings is 1. The number of urea groups is 1. The molecule has 2 aromatic rings. The Morgan fingerprint density at radius 2 is 1.60 bits per heavy atom. The number of rotatable bonds is 4. The lowest BCUT2D eigenvalue weighted by Crippen LogP contribution is -2.35. The third-order valence-electron chi connectivity index (χ3n) is 3.26. The van der Waals surface area contributed by atoms with Crippen LogP contribution in [0.1, 0.15) is 27.6 Å². The van der Waals surface area contributed by atoms with Crippen LogP contribution in [0.25, 0.3) is 0 Å². The Hall–Kier alpha value is -3.01. The molecule has 0 unspecified atom stereocenters. The molecule has 0 radical (unpaired) electrons. The Kier molecular flexibility index (Phi) is 5.02. The summed E-state index contributed by atoms with van der Waals surface area (Å²) in [5.74, 6) is -0.899. The number of anilines is 1. The van der Waals surface area contributed by atoms with Gasteiger partial charge < -0.3 is 10.4 Å². The van der Waals surface area contributed by atoms with Crippen molar-refractivity contribution in [1.29, 1.82) is 0 Å². The van der Waals surface area contributed by atoms with Crippen molar-refractivity contribution in [3.63, 3.8) is 0 Å². The maximum Gasteiger partial charge on any atom is 0.337 e. The first-order valence-electron chi connectivity index (χ1n) is 7.10. The van der Waals surface area contributed by atoms with E-state index < -0.39 is 32.5 Å². The van der Waals surface area contributed by atoms with Gasteiger partial charge in [0.05, 0.1) is 22.6 Å². The summed E-state index contributed by atoms with van der Waals surface area (Å²) in [7, 11) is -4.37. The van der Waals surface area contributed by atoms with Gasteiger partial charge in [-0.05, 0) is 32.9 Å². The number of carboxylic acid groups (broad SMARTS) is 1. The second kappa shape index (κ2) is 6.85. The normalized spacial score (nSPS) is 11.0. The van der Waals surface area contributed by atoms with Crippen LogP contribution in [0, 0.1) is 20.8 Å². The molecule has 2 rings (SSSR count). The third-order valence-corrected chi connectivity index (χ3v) is 4.64. The summed E-state index contributed by atoms with van der Waals surface area (Å²) in [5, 5.41) is 11.5. The SMILES string of the molecule is Cc1nc(C)c(NC(=O)NS(=O)(=O)c2ccccc2C(=O)O)c(C)n1. The van der Waals surface area contributed by atoms with E-state index in [1.54, 1.807) is 25.5 Å². The van der Waals surface area contributed by atoms with Crippen LogP contribution in [0.4, 0.5) is 10.5 Å². The number of carbonyl (C=O) groups excluding carboxylic acids is 1. The first-order chi connectivity index (χ1) is 11.6. The highest BCUT2D eigenvalue weighted by Gasteiger charge is 2.24. The maximum absolute atomic E-state index is 12.3. The van der Waals surface area contributed by atoms with Gasteiger partial charge in [-0.1, -0.05) is 12.1 Å². The fourth-order valence-corrected chi connectivity index (χ4v) is 3.37. The number of amides is 2. The van der Waals surface area contributed by atoms with Gasteiger partial charge in [-0.25, -0.2) is 32.7 Å². The first kappa shape index (κ1) is 18.3. The fraction of sp³-hybridized carbons (Fsp3) is 0.200. The molecule has 0 bridgehead atoms. The van der Waals surface area contributed by atoms with Crippen LogP contribution in [0.2, 0.25) is 0 Å². The second-order valence-electron chi connectivity index (χ2n) is 5.18. The van der Waals surface area contributed by atoms with Crippen molar-refractivity contribution in [1.82, 2.24) is 14.7 Å². The van der Waals surface area contributed by atoms with Crippen molar-refractivity contribution in [2.75, 3.05) is 5.32 Å². The van der Waals surface area contributed by atoms with Crippen LogP contribution in [0.5, 0.6) is 0 Å². The molecule has 1 aromatic heterocycles. The summed E-state index contributed by atoms with van der Waals surface area (Å²) < 4.78 is 26.4. The number of nitrogens with one attached hydrogen (secondary N) is 2. The molecule has 25 heavy (non-hydrogen) atoms. The molecule has 1 heterocycles. The van der Waals surface area contributed by atoms with Gasteiger partial charge >= 0.3 is 12.0 Å². The van der Waals surface area contributed by atoms with Crippen molar-refractivity contribution < 1.29 is 23.1 Å². The molecule has 0 aliphatic carbocycles. The fourth-order valence-electron chi connectivity index (χ4n) is 2.26. The quantitative estimate of drug-likeness (QED) is 0.749. The molecule has 10 heteroatoms. The zero-order valence-corrected chi connectivity index (χ0v) is 14.5. The van der Waals surface area contributed by atoms with E-state index in [4.69, 9.17) is 5.11 Å². The summed E-state index contributed by atoms with van der Waals surface area (Å²) in [6, 6.07) is 3.94. The Balaban J connectivity index is 2.28. The first-order valence-corrected chi connectivity index (χ1v) is 8.58. The summed E-state index contributed by atoms with van der Waals surface area (Å²) in [5.41, 5.74) is 0.797. The van der Waals surface area contributed by atoms with Crippen LogP contribution < -0.4 is 10.0 Å². The minimum absolute atomic E-state index is 0.282. The van der Waals surface area contributed by atoms with E-state index in [0.717, 1.165) is 12.1 Å². The molecule has 132 valence electrons. The monoisotopic (exact) mass is 364 g/mol. The predicted molar refractivity (Wildman–Crippen MR) is 89.0 cm³/mol. The Labute approximate surface area is 144 Å². The summed E-state index contributed by atoms with van der Waals surface area (Å²) >= 11 is 0. The number of carboxylic acids is 1. The second-order valence-corrected chi connectivity index (χ2v) is 6.83. The van der Waals surface area contributed by atoms with Crippen LogP contribution in [0.3, 0.4) is 0 Å². The van der Waals surface area contributed by atoms with Gasteiger partial charge in [0, 0.05) is 0 Å². The average molecular weight is 364 g/mol. The van der Waals surface area contributed by atoms with Crippen LogP contribution in [-0.2, 0) is 10.0 Å². The molecule has 0 aliphatic rings. The number of aromatic nitrogens is 2. The highest BCUT2D eigenvalue weighted by Crippen LogP contribution is 2.18. The Bertz CT molecular complexity index is 933. The summed E-state index contributed by atoms with van der Waals surface area (Å²) in [6.45, 7) is 4.98. The number of nitrogens with zero attached hydrogens (tertiary/aromatic N) is 2. The third kappa shape index (κ3) is 4.10. The van der Waals surface area contributed by atoms with Crippen molar-refractivity contribution in [2.45, 2.75) is 25.7 Å². The van der Waals surface area contributed by atoms with Crippen molar-refractivity contribution in [3.05, 3.63) is 47.0 Å². The van der Waals surface area contributed by atoms with Gasteiger partial charge in [0.2, 0.25) is 0 Å². The lowest BCUT2D eigenvalue weighted by molar-refractivity contribution is 0.0692. The van der Waals surface area contributed by atoms with Gasteiger partial charge in [0.15, 0.2) is 0 Å². The number of carbonyl (C=O) groups is 2. The largest absolute Gasteiger partial charge is 0.478 e. The van der Waals surface area contributed by atoms with E-state index in [9.17, 15) is 18.0 Å². The predicted octanol–water partition coefficient (Wildman–Crippen LogP) is 1.61. The highest BCUT2D eigenvalue weighted by molar-refractivity contribution is 7.90. The van der Waals surface area contributed by atoms with Gasteiger partial charge in [-0.3, -0.25) is 0 Å². The van der Waals surface area contributed by atoms with E-state index in [1.807, 2.05) is 0 Å². The highest BCUT2D eigenvalue weighted by atomic mass is 32.2. The van der Waals surface area contributed by atoms with Crippen molar-refractivity contribution in [2.24, 2.45) is 0 Å². The molecule has 0 saturated heterocycles.